The molecular formula is C15H15N3S. The van der Waals surface area contributed by atoms with Crippen molar-refractivity contribution in [2.24, 2.45) is 0 Å². The molecule has 0 radical (unpaired) electrons. The van der Waals surface area contributed by atoms with Crippen LogP contribution in [0.25, 0.3) is 10.2 Å². The lowest BCUT2D eigenvalue weighted by Crippen LogP contribution is -2.05. The van der Waals surface area contributed by atoms with Gasteiger partial charge in [0.2, 0.25) is 0 Å². The standard InChI is InChI=1S/C15H15N3S/c1-11-2-3-12(10-18-11)4-7-16-13-5-8-17-14-6-9-19-15(13)14/h2-3,5-6,8-10H,4,7H2,1H3,(H,16,17). The van der Waals surface area contributed by atoms with Gasteiger partial charge in [-0.25, -0.2) is 0 Å². The topological polar surface area (TPSA) is 37.8 Å². The number of hydrogen-bond donors (Lipinski definition) is 1. The number of nitrogens with one attached hydrogen (secondary N) is 1. The summed E-state index contributed by atoms with van der Waals surface area (Å²) in [5.41, 5.74) is 4.55. The fourth-order valence-corrected chi connectivity index (χ4v) is 2.84. The number of aryl methyl sites for hydroxylation is 1. The van der Waals surface area contributed by atoms with E-state index in [1.165, 1.54) is 16.0 Å². The minimum absolute atomic E-state index is 0.905. The van der Waals surface area contributed by atoms with Crippen LogP contribution in [0.4, 0.5) is 5.69 Å². The van der Waals surface area contributed by atoms with Crippen LogP contribution in [-0.2, 0) is 6.42 Å². The third-order valence-corrected chi connectivity index (χ3v) is 3.98. The van der Waals surface area contributed by atoms with E-state index < -0.39 is 0 Å². The first-order valence-electron chi connectivity index (χ1n) is 6.30. The zero-order chi connectivity index (χ0) is 13.1. The lowest BCUT2D eigenvalue weighted by atomic mass is 10.2. The third-order valence-electron chi connectivity index (χ3n) is 3.05. The molecule has 3 aromatic heterocycles. The van der Waals surface area contributed by atoms with Crippen molar-refractivity contribution in [1.82, 2.24) is 9.97 Å². The Bertz CT molecular complexity index is 673. The molecule has 0 aliphatic carbocycles. The average Bonchev–Trinajstić information content (AvgIpc) is 2.90. The van der Waals surface area contributed by atoms with Gasteiger partial charge in [-0.2, -0.15) is 0 Å². The van der Waals surface area contributed by atoms with Crippen molar-refractivity contribution < 1.29 is 0 Å². The number of nitrogens with zero attached hydrogens (tertiary/aromatic N) is 2. The summed E-state index contributed by atoms with van der Waals surface area (Å²) in [4.78, 5) is 8.65. The summed E-state index contributed by atoms with van der Waals surface area (Å²) in [6.45, 7) is 2.91. The number of fused-ring (bicyclic) bond motifs is 1. The summed E-state index contributed by atoms with van der Waals surface area (Å²) in [5.74, 6) is 0. The number of pyridine rings is 2. The van der Waals surface area contributed by atoms with Gasteiger partial charge < -0.3 is 5.32 Å². The van der Waals surface area contributed by atoms with E-state index in [1.54, 1.807) is 11.3 Å². The van der Waals surface area contributed by atoms with Crippen molar-refractivity contribution in [3.05, 3.63) is 53.3 Å². The number of aromatic nitrogens is 2. The molecule has 0 aromatic carbocycles. The summed E-state index contributed by atoms with van der Waals surface area (Å²) in [6.07, 6.45) is 4.78. The number of rotatable bonds is 4. The third kappa shape index (κ3) is 2.74. The highest BCUT2D eigenvalue weighted by atomic mass is 32.1. The minimum Gasteiger partial charge on any atom is -0.383 e. The Morgan fingerprint density at radius 3 is 2.95 bits per heavy atom. The van der Waals surface area contributed by atoms with Gasteiger partial charge in [0.15, 0.2) is 0 Å². The molecule has 0 aliphatic rings. The largest absolute Gasteiger partial charge is 0.383 e. The Kier molecular flexibility index (Phi) is 3.42. The van der Waals surface area contributed by atoms with E-state index in [4.69, 9.17) is 0 Å². The van der Waals surface area contributed by atoms with Gasteiger partial charge in [-0.15, -0.1) is 11.3 Å². The number of hydrogen-bond acceptors (Lipinski definition) is 4. The molecule has 0 saturated carbocycles. The fraction of sp³-hybridized carbons (Fsp3) is 0.200. The normalized spacial score (nSPS) is 10.8. The van der Waals surface area contributed by atoms with Crippen LogP contribution in [0, 0.1) is 6.92 Å². The highest BCUT2D eigenvalue weighted by Crippen LogP contribution is 2.26. The molecule has 3 nitrogen and oxygen atoms in total. The molecule has 3 aromatic rings. The van der Waals surface area contributed by atoms with Crippen molar-refractivity contribution in [2.45, 2.75) is 13.3 Å². The summed E-state index contributed by atoms with van der Waals surface area (Å²) in [5, 5.41) is 5.56. The highest BCUT2D eigenvalue weighted by molar-refractivity contribution is 7.17. The minimum atomic E-state index is 0.905. The summed E-state index contributed by atoms with van der Waals surface area (Å²) < 4.78 is 1.23. The van der Waals surface area contributed by atoms with Gasteiger partial charge in [0.05, 0.1) is 15.9 Å². The molecule has 4 heteroatoms. The molecule has 0 atom stereocenters. The summed E-state index contributed by atoms with van der Waals surface area (Å²) in [6, 6.07) is 8.28. The molecule has 96 valence electrons. The zero-order valence-electron chi connectivity index (χ0n) is 10.8. The maximum Gasteiger partial charge on any atom is 0.0830 e. The van der Waals surface area contributed by atoms with Crippen molar-refractivity contribution in [1.29, 1.82) is 0 Å². The Morgan fingerprint density at radius 1 is 1.16 bits per heavy atom. The Balaban J connectivity index is 1.66. The summed E-state index contributed by atoms with van der Waals surface area (Å²) in [7, 11) is 0. The molecular weight excluding hydrogens is 254 g/mol. The van der Waals surface area contributed by atoms with Gasteiger partial charge in [0.1, 0.15) is 0 Å². The van der Waals surface area contributed by atoms with E-state index in [0.29, 0.717) is 0 Å². The van der Waals surface area contributed by atoms with Crippen molar-refractivity contribution in [3.63, 3.8) is 0 Å². The lowest BCUT2D eigenvalue weighted by molar-refractivity contribution is 0.998. The zero-order valence-corrected chi connectivity index (χ0v) is 11.6. The molecule has 0 fully saturated rings. The number of thiophene rings is 1. The van der Waals surface area contributed by atoms with Crippen LogP contribution in [0.3, 0.4) is 0 Å². The van der Waals surface area contributed by atoms with Crippen LogP contribution < -0.4 is 5.32 Å². The summed E-state index contributed by atoms with van der Waals surface area (Å²) >= 11 is 1.72. The molecule has 0 spiro atoms. The molecule has 0 amide bonds. The molecule has 19 heavy (non-hydrogen) atoms. The maximum absolute atomic E-state index is 4.34. The quantitative estimate of drug-likeness (QED) is 0.785. The molecule has 0 saturated heterocycles. The monoisotopic (exact) mass is 269 g/mol. The van der Waals surface area contributed by atoms with E-state index in [9.17, 15) is 0 Å². The van der Waals surface area contributed by atoms with Crippen molar-refractivity contribution in [3.8, 4) is 0 Å². The maximum atomic E-state index is 4.34. The Labute approximate surface area is 116 Å². The number of anilines is 1. The molecule has 0 bridgehead atoms. The highest BCUT2D eigenvalue weighted by Gasteiger charge is 2.02. The van der Waals surface area contributed by atoms with Crippen LogP contribution in [0.5, 0.6) is 0 Å². The second-order valence-corrected chi connectivity index (χ2v) is 5.39. The van der Waals surface area contributed by atoms with Crippen molar-refractivity contribution in [2.75, 3.05) is 11.9 Å². The van der Waals surface area contributed by atoms with Crippen LogP contribution in [0.15, 0.2) is 42.0 Å². The first kappa shape index (κ1) is 12.1. The first-order valence-corrected chi connectivity index (χ1v) is 7.18. The Morgan fingerprint density at radius 2 is 2.11 bits per heavy atom. The Hall–Kier alpha value is -1.94. The van der Waals surface area contributed by atoms with E-state index in [-0.39, 0.29) is 0 Å². The van der Waals surface area contributed by atoms with E-state index in [1.807, 2.05) is 25.4 Å². The van der Waals surface area contributed by atoms with Crippen LogP contribution in [0.1, 0.15) is 11.3 Å². The molecule has 0 aliphatic heterocycles. The average molecular weight is 269 g/mol. The van der Waals surface area contributed by atoms with Gasteiger partial charge in [0.25, 0.3) is 0 Å². The molecule has 0 unspecified atom stereocenters. The van der Waals surface area contributed by atoms with Gasteiger partial charge >= 0.3 is 0 Å². The van der Waals surface area contributed by atoms with Gasteiger partial charge in [-0.05, 0) is 42.5 Å². The molecule has 1 N–H and O–H groups in total. The fourth-order valence-electron chi connectivity index (χ4n) is 2.00. The lowest BCUT2D eigenvalue weighted by Gasteiger charge is -2.07. The SMILES string of the molecule is Cc1ccc(CCNc2ccnc3ccsc23)cn1. The predicted molar refractivity (Wildman–Crippen MR) is 80.8 cm³/mol. The van der Waals surface area contributed by atoms with Crippen LogP contribution in [-0.4, -0.2) is 16.5 Å². The first-order chi connectivity index (χ1) is 9.33. The van der Waals surface area contributed by atoms with Gasteiger partial charge in [-0.3, -0.25) is 9.97 Å². The molecule has 3 heterocycles. The second-order valence-electron chi connectivity index (χ2n) is 4.48. The van der Waals surface area contributed by atoms with E-state index in [0.717, 1.165) is 24.2 Å². The smallest absolute Gasteiger partial charge is 0.0830 e. The van der Waals surface area contributed by atoms with E-state index >= 15 is 0 Å². The van der Waals surface area contributed by atoms with Crippen molar-refractivity contribution >= 4 is 27.2 Å². The van der Waals surface area contributed by atoms with E-state index in [2.05, 4.69) is 38.9 Å². The van der Waals surface area contributed by atoms with Gasteiger partial charge in [0, 0.05) is 24.6 Å². The predicted octanol–water partition coefficient (Wildman–Crippen LogP) is 3.65. The van der Waals surface area contributed by atoms with Crippen LogP contribution >= 0.6 is 11.3 Å². The molecule has 3 rings (SSSR count). The van der Waals surface area contributed by atoms with Crippen LogP contribution in [0.2, 0.25) is 0 Å². The second kappa shape index (κ2) is 5.36. The van der Waals surface area contributed by atoms with Gasteiger partial charge in [-0.1, -0.05) is 6.07 Å².